The standard InChI is InChI=1S/C20H22Br2N2O2/c21-16-6-7-19(18(22)12-16)26-14-20(25)23-17-8-10-24(11-9-17)13-15-4-2-1-3-5-15/h1-7,12,17H,8-11,13-14H2,(H,23,25). The number of likely N-dealkylation sites (tertiary alicyclic amines) is 1. The van der Waals surface area contributed by atoms with Crippen molar-refractivity contribution in [1.29, 1.82) is 0 Å². The van der Waals surface area contributed by atoms with Crippen LogP contribution in [0, 0.1) is 0 Å². The van der Waals surface area contributed by atoms with Crippen molar-refractivity contribution >= 4 is 37.8 Å². The van der Waals surface area contributed by atoms with Crippen LogP contribution >= 0.6 is 31.9 Å². The van der Waals surface area contributed by atoms with Crippen LogP contribution in [0.5, 0.6) is 5.75 Å². The number of hydrogen-bond acceptors (Lipinski definition) is 3. The Hall–Kier alpha value is -1.37. The van der Waals surface area contributed by atoms with Gasteiger partial charge in [0.25, 0.3) is 5.91 Å². The molecule has 1 aliphatic heterocycles. The van der Waals surface area contributed by atoms with Crippen LogP contribution in [0.25, 0.3) is 0 Å². The largest absolute Gasteiger partial charge is 0.483 e. The molecule has 0 aliphatic carbocycles. The predicted molar refractivity (Wildman–Crippen MR) is 110 cm³/mol. The molecule has 6 heteroatoms. The summed E-state index contributed by atoms with van der Waals surface area (Å²) in [5.41, 5.74) is 1.34. The number of piperidine rings is 1. The second-order valence-corrected chi connectivity index (χ2v) is 8.24. The van der Waals surface area contributed by atoms with Gasteiger partial charge in [-0.3, -0.25) is 9.69 Å². The number of hydrogen-bond donors (Lipinski definition) is 1. The van der Waals surface area contributed by atoms with Gasteiger partial charge in [0, 0.05) is 30.1 Å². The van der Waals surface area contributed by atoms with Gasteiger partial charge in [0.2, 0.25) is 0 Å². The molecule has 1 aliphatic rings. The SMILES string of the molecule is O=C(COc1ccc(Br)cc1Br)NC1CCN(Cc2ccccc2)CC1. The van der Waals surface area contributed by atoms with Crippen molar-refractivity contribution in [1.82, 2.24) is 10.2 Å². The fraction of sp³-hybridized carbons (Fsp3) is 0.350. The third kappa shape index (κ3) is 5.83. The first-order valence-electron chi connectivity index (χ1n) is 8.73. The van der Waals surface area contributed by atoms with Gasteiger partial charge < -0.3 is 10.1 Å². The number of carbonyl (C=O) groups excluding carboxylic acids is 1. The Balaban J connectivity index is 1.39. The molecule has 0 spiro atoms. The molecule has 2 aromatic carbocycles. The van der Waals surface area contributed by atoms with Crippen molar-refractivity contribution in [3.63, 3.8) is 0 Å². The third-order valence-corrected chi connectivity index (χ3v) is 5.57. The van der Waals surface area contributed by atoms with Crippen LogP contribution in [0.1, 0.15) is 18.4 Å². The number of benzene rings is 2. The fourth-order valence-corrected chi connectivity index (χ4v) is 4.24. The monoisotopic (exact) mass is 480 g/mol. The highest BCUT2D eigenvalue weighted by atomic mass is 79.9. The van der Waals surface area contributed by atoms with Crippen LogP contribution in [0.3, 0.4) is 0 Å². The van der Waals surface area contributed by atoms with E-state index in [9.17, 15) is 4.79 Å². The Labute approximate surface area is 171 Å². The predicted octanol–water partition coefficient (Wildman–Crippen LogP) is 4.37. The number of rotatable bonds is 6. The van der Waals surface area contributed by atoms with Gasteiger partial charge in [-0.15, -0.1) is 0 Å². The van der Waals surface area contributed by atoms with E-state index in [0.29, 0.717) is 5.75 Å². The van der Waals surface area contributed by atoms with Crippen LogP contribution in [-0.2, 0) is 11.3 Å². The molecule has 0 bridgehead atoms. The Kier molecular flexibility index (Phi) is 7.11. The first kappa shape index (κ1) is 19.4. The minimum atomic E-state index is -0.0682. The number of nitrogens with one attached hydrogen (secondary N) is 1. The second-order valence-electron chi connectivity index (χ2n) is 6.47. The summed E-state index contributed by atoms with van der Waals surface area (Å²) in [5, 5.41) is 3.09. The normalized spacial score (nSPS) is 15.6. The van der Waals surface area contributed by atoms with Crippen molar-refractivity contribution in [2.75, 3.05) is 19.7 Å². The maximum Gasteiger partial charge on any atom is 0.258 e. The summed E-state index contributed by atoms with van der Waals surface area (Å²) in [6, 6.07) is 16.4. The van der Waals surface area contributed by atoms with E-state index in [1.165, 1.54) is 5.56 Å². The third-order valence-electron chi connectivity index (χ3n) is 4.45. The zero-order valence-corrected chi connectivity index (χ0v) is 17.6. The summed E-state index contributed by atoms with van der Waals surface area (Å²) in [5.74, 6) is 0.599. The second kappa shape index (κ2) is 9.53. The Morgan fingerprint density at radius 3 is 2.54 bits per heavy atom. The zero-order chi connectivity index (χ0) is 18.4. The molecule has 1 fully saturated rings. The smallest absolute Gasteiger partial charge is 0.258 e. The van der Waals surface area contributed by atoms with Gasteiger partial charge in [-0.1, -0.05) is 46.3 Å². The minimum absolute atomic E-state index is 0.0322. The molecule has 1 heterocycles. The quantitative estimate of drug-likeness (QED) is 0.665. The molecule has 4 nitrogen and oxygen atoms in total. The summed E-state index contributed by atoms with van der Waals surface area (Å²) in [6.07, 6.45) is 1.95. The molecule has 2 aromatic rings. The molecule has 0 aromatic heterocycles. The lowest BCUT2D eigenvalue weighted by Gasteiger charge is -2.32. The fourth-order valence-electron chi connectivity index (χ4n) is 3.08. The van der Waals surface area contributed by atoms with Gasteiger partial charge in [-0.25, -0.2) is 0 Å². The topological polar surface area (TPSA) is 41.6 Å². The summed E-state index contributed by atoms with van der Waals surface area (Å²) in [7, 11) is 0. The Morgan fingerprint density at radius 2 is 1.85 bits per heavy atom. The van der Waals surface area contributed by atoms with E-state index in [0.717, 1.165) is 41.4 Å². The van der Waals surface area contributed by atoms with Crippen molar-refractivity contribution < 1.29 is 9.53 Å². The average Bonchev–Trinajstić information content (AvgIpc) is 2.63. The first-order valence-corrected chi connectivity index (χ1v) is 10.3. The molecule has 0 radical (unpaired) electrons. The van der Waals surface area contributed by atoms with E-state index in [-0.39, 0.29) is 18.6 Å². The Bertz CT molecular complexity index is 732. The summed E-state index contributed by atoms with van der Waals surface area (Å²) in [6.45, 7) is 3.00. The molecule has 1 saturated heterocycles. The van der Waals surface area contributed by atoms with E-state index < -0.39 is 0 Å². The lowest BCUT2D eigenvalue weighted by molar-refractivity contribution is -0.124. The lowest BCUT2D eigenvalue weighted by atomic mass is 10.0. The van der Waals surface area contributed by atoms with Crippen molar-refractivity contribution in [3.8, 4) is 5.75 Å². The highest BCUT2D eigenvalue weighted by Gasteiger charge is 2.21. The zero-order valence-electron chi connectivity index (χ0n) is 14.5. The maximum absolute atomic E-state index is 12.2. The van der Waals surface area contributed by atoms with Crippen molar-refractivity contribution in [2.45, 2.75) is 25.4 Å². The summed E-state index contributed by atoms with van der Waals surface area (Å²) >= 11 is 6.84. The van der Waals surface area contributed by atoms with Crippen molar-refractivity contribution in [2.24, 2.45) is 0 Å². The molecule has 138 valence electrons. The number of amides is 1. The molecule has 3 rings (SSSR count). The van der Waals surface area contributed by atoms with E-state index in [1.807, 2.05) is 24.3 Å². The number of halogens is 2. The van der Waals surface area contributed by atoms with E-state index in [1.54, 1.807) is 0 Å². The van der Waals surface area contributed by atoms with Crippen LogP contribution in [0.15, 0.2) is 57.5 Å². The molecular weight excluding hydrogens is 460 g/mol. The molecule has 1 N–H and O–H groups in total. The van der Waals surface area contributed by atoms with Gasteiger partial charge >= 0.3 is 0 Å². The van der Waals surface area contributed by atoms with E-state index in [4.69, 9.17) is 4.74 Å². The Morgan fingerprint density at radius 1 is 1.12 bits per heavy atom. The molecule has 0 atom stereocenters. The van der Waals surface area contributed by atoms with Gasteiger partial charge in [-0.05, 0) is 52.5 Å². The van der Waals surface area contributed by atoms with E-state index >= 15 is 0 Å². The molecular formula is C20H22Br2N2O2. The summed E-state index contributed by atoms with van der Waals surface area (Å²) < 4.78 is 7.39. The van der Waals surface area contributed by atoms with Gasteiger partial charge in [-0.2, -0.15) is 0 Å². The van der Waals surface area contributed by atoms with E-state index in [2.05, 4.69) is 66.3 Å². The maximum atomic E-state index is 12.2. The van der Waals surface area contributed by atoms with Gasteiger partial charge in [0.05, 0.1) is 4.47 Å². The highest BCUT2D eigenvalue weighted by molar-refractivity contribution is 9.11. The van der Waals surface area contributed by atoms with Crippen LogP contribution < -0.4 is 10.1 Å². The average molecular weight is 482 g/mol. The van der Waals surface area contributed by atoms with Crippen LogP contribution in [0.2, 0.25) is 0 Å². The molecule has 0 saturated carbocycles. The first-order chi connectivity index (χ1) is 12.6. The number of carbonyl (C=O) groups is 1. The minimum Gasteiger partial charge on any atom is -0.483 e. The number of nitrogens with zero attached hydrogens (tertiary/aromatic N) is 1. The molecule has 26 heavy (non-hydrogen) atoms. The number of ether oxygens (including phenoxy) is 1. The van der Waals surface area contributed by atoms with Crippen LogP contribution in [0.4, 0.5) is 0 Å². The van der Waals surface area contributed by atoms with Crippen molar-refractivity contribution in [3.05, 3.63) is 63.0 Å². The lowest BCUT2D eigenvalue weighted by Crippen LogP contribution is -2.45. The molecule has 0 unspecified atom stereocenters. The van der Waals surface area contributed by atoms with Gasteiger partial charge in [0.15, 0.2) is 6.61 Å². The molecule has 1 amide bonds. The summed E-state index contributed by atoms with van der Waals surface area (Å²) in [4.78, 5) is 14.6. The van der Waals surface area contributed by atoms with Crippen LogP contribution in [-0.4, -0.2) is 36.5 Å². The van der Waals surface area contributed by atoms with Gasteiger partial charge in [0.1, 0.15) is 5.75 Å². The highest BCUT2D eigenvalue weighted by Crippen LogP contribution is 2.28.